The molecule has 3 aromatic rings. The third-order valence-corrected chi connectivity index (χ3v) is 4.72. The summed E-state index contributed by atoms with van der Waals surface area (Å²) in [6.45, 7) is 0. The standard InChI is InChI=1S/C21H21N3O3/c1-25-17-10-15(11-18(26-2)20(17)27-3)23-21-22-12-14-9-8-13-6-4-5-7-16(13)19(14)24-21/h4-7,10-12H,8-9H2,1-3H3,(H,22,23,24). The van der Waals surface area contributed by atoms with Gasteiger partial charge in [0.15, 0.2) is 11.5 Å². The van der Waals surface area contributed by atoms with Gasteiger partial charge >= 0.3 is 0 Å². The van der Waals surface area contributed by atoms with Crippen LogP contribution in [0, 0.1) is 0 Å². The molecule has 138 valence electrons. The number of nitrogens with zero attached hydrogens (tertiary/aromatic N) is 2. The van der Waals surface area contributed by atoms with Gasteiger partial charge in [-0.2, -0.15) is 0 Å². The van der Waals surface area contributed by atoms with Crippen LogP contribution < -0.4 is 19.5 Å². The summed E-state index contributed by atoms with van der Waals surface area (Å²) < 4.78 is 16.2. The fourth-order valence-electron chi connectivity index (χ4n) is 3.40. The molecule has 1 N–H and O–H groups in total. The van der Waals surface area contributed by atoms with Crippen molar-refractivity contribution in [2.45, 2.75) is 12.8 Å². The maximum absolute atomic E-state index is 5.41. The zero-order valence-corrected chi connectivity index (χ0v) is 15.6. The van der Waals surface area contributed by atoms with Crippen molar-refractivity contribution in [2.75, 3.05) is 26.6 Å². The number of methoxy groups -OCH3 is 3. The molecule has 0 unspecified atom stereocenters. The minimum absolute atomic E-state index is 0.528. The van der Waals surface area contributed by atoms with E-state index in [0.717, 1.165) is 24.2 Å². The minimum Gasteiger partial charge on any atom is -0.493 e. The van der Waals surface area contributed by atoms with Crippen molar-refractivity contribution in [3.05, 3.63) is 53.7 Å². The first-order valence-electron chi connectivity index (χ1n) is 8.74. The number of ether oxygens (including phenoxy) is 3. The van der Waals surface area contributed by atoms with Crippen LogP contribution in [0.2, 0.25) is 0 Å². The molecule has 1 heterocycles. The highest BCUT2D eigenvalue weighted by Crippen LogP contribution is 2.40. The Hall–Kier alpha value is -3.28. The lowest BCUT2D eigenvalue weighted by molar-refractivity contribution is 0.324. The Morgan fingerprint density at radius 1 is 0.889 bits per heavy atom. The van der Waals surface area contributed by atoms with Gasteiger partial charge < -0.3 is 19.5 Å². The molecular formula is C21H21N3O3. The second-order valence-corrected chi connectivity index (χ2v) is 6.26. The molecule has 2 aromatic carbocycles. The fourth-order valence-corrected chi connectivity index (χ4v) is 3.40. The smallest absolute Gasteiger partial charge is 0.227 e. The molecule has 1 aliphatic rings. The number of hydrogen-bond acceptors (Lipinski definition) is 6. The van der Waals surface area contributed by atoms with Gasteiger partial charge in [0.05, 0.1) is 27.0 Å². The summed E-state index contributed by atoms with van der Waals surface area (Å²) in [5.74, 6) is 2.22. The summed E-state index contributed by atoms with van der Waals surface area (Å²) in [7, 11) is 4.76. The highest BCUT2D eigenvalue weighted by atomic mass is 16.5. The summed E-state index contributed by atoms with van der Waals surface area (Å²) in [5, 5.41) is 3.25. The summed E-state index contributed by atoms with van der Waals surface area (Å²) in [6, 6.07) is 12.1. The van der Waals surface area contributed by atoms with Gasteiger partial charge in [0.25, 0.3) is 0 Å². The zero-order chi connectivity index (χ0) is 18.8. The van der Waals surface area contributed by atoms with E-state index in [1.165, 1.54) is 16.7 Å². The number of aromatic nitrogens is 2. The first-order valence-corrected chi connectivity index (χ1v) is 8.74. The maximum Gasteiger partial charge on any atom is 0.227 e. The molecule has 0 spiro atoms. The Morgan fingerprint density at radius 3 is 2.30 bits per heavy atom. The van der Waals surface area contributed by atoms with Crippen molar-refractivity contribution in [1.82, 2.24) is 9.97 Å². The minimum atomic E-state index is 0.528. The quantitative estimate of drug-likeness (QED) is 0.739. The van der Waals surface area contributed by atoms with Gasteiger partial charge in [-0.15, -0.1) is 0 Å². The van der Waals surface area contributed by atoms with Crippen LogP contribution in [0.3, 0.4) is 0 Å². The Balaban J connectivity index is 1.71. The van der Waals surface area contributed by atoms with E-state index in [4.69, 9.17) is 19.2 Å². The Labute approximate surface area is 158 Å². The van der Waals surface area contributed by atoms with E-state index >= 15 is 0 Å². The molecule has 0 atom stereocenters. The lowest BCUT2D eigenvalue weighted by atomic mass is 9.90. The SMILES string of the molecule is COc1cc(Nc2ncc3c(n2)-c2ccccc2CC3)cc(OC)c1OC. The first-order chi connectivity index (χ1) is 13.2. The molecule has 27 heavy (non-hydrogen) atoms. The van der Waals surface area contributed by atoms with Crippen molar-refractivity contribution in [3.63, 3.8) is 0 Å². The predicted molar refractivity (Wildman–Crippen MR) is 104 cm³/mol. The third kappa shape index (κ3) is 3.14. The monoisotopic (exact) mass is 363 g/mol. The highest BCUT2D eigenvalue weighted by molar-refractivity contribution is 5.71. The first kappa shape index (κ1) is 17.1. The van der Waals surface area contributed by atoms with Crippen LogP contribution in [0.5, 0.6) is 17.2 Å². The van der Waals surface area contributed by atoms with Gasteiger partial charge in [-0.05, 0) is 24.0 Å². The van der Waals surface area contributed by atoms with Crippen molar-refractivity contribution in [2.24, 2.45) is 0 Å². The van der Waals surface area contributed by atoms with Gasteiger partial charge in [-0.1, -0.05) is 24.3 Å². The number of fused-ring (bicyclic) bond motifs is 3. The number of hydrogen-bond donors (Lipinski definition) is 1. The van der Waals surface area contributed by atoms with Gasteiger partial charge in [0.2, 0.25) is 11.7 Å². The predicted octanol–water partition coefficient (Wildman–Crippen LogP) is 4.01. The van der Waals surface area contributed by atoms with E-state index in [1.54, 1.807) is 21.3 Å². The molecule has 1 aliphatic carbocycles. The summed E-state index contributed by atoms with van der Waals surface area (Å²) in [5.41, 5.74) is 5.41. The van der Waals surface area contributed by atoms with Crippen LogP contribution in [-0.4, -0.2) is 31.3 Å². The van der Waals surface area contributed by atoms with E-state index in [1.807, 2.05) is 24.4 Å². The maximum atomic E-state index is 5.41. The van der Waals surface area contributed by atoms with Crippen molar-refractivity contribution >= 4 is 11.6 Å². The third-order valence-electron chi connectivity index (χ3n) is 4.72. The molecule has 0 saturated heterocycles. The number of aryl methyl sites for hydroxylation is 2. The molecule has 0 radical (unpaired) electrons. The largest absolute Gasteiger partial charge is 0.493 e. The Morgan fingerprint density at radius 2 is 1.59 bits per heavy atom. The molecule has 0 amide bonds. The number of rotatable bonds is 5. The van der Waals surface area contributed by atoms with Crippen molar-refractivity contribution in [1.29, 1.82) is 0 Å². The molecule has 0 saturated carbocycles. The van der Waals surface area contributed by atoms with Crippen molar-refractivity contribution in [3.8, 4) is 28.5 Å². The normalized spacial score (nSPS) is 12.0. The number of benzene rings is 2. The summed E-state index contributed by atoms with van der Waals surface area (Å²) in [6.07, 6.45) is 3.88. The molecule has 6 heteroatoms. The van der Waals surface area contributed by atoms with Crippen LogP contribution in [0.25, 0.3) is 11.3 Å². The molecule has 0 fully saturated rings. The second-order valence-electron chi connectivity index (χ2n) is 6.26. The molecule has 6 nitrogen and oxygen atoms in total. The van der Waals surface area contributed by atoms with Crippen LogP contribution in [0.15, 0.2) is 42.6 Å². The molecule has 0 bridgehead atoms. The van der Waals surface area contributed by atoms with Crippen LogP contribution in [0.1, 0.15) is 11.1 Å². The van der Waals surface area contributed by atoms with E-state index in [0.29, 0.717) is 23.2 Å². The van der Waals surface area contributed by atoms with E-state index < -0.39 is 0 Å². The zero-order valence-electron chi connectivity index (χ0n) is 15.6. The lowest BCUT2D eigenvalue weighted by Gasteiger charge is -2.19. The van der Waals surface area contributed by atoms with Crippen LogP contribution >= 0.6 is 0 Å². The Kier molecular flexibility index (Phi) is 4.54. The molecular weight excluding hydrogens is 342 g/mol. The van der Waals surface area contributed by atoms with Crippen molar-refractivity contribution < 1.29 is 14.2 Å². The summed E-state index contributed by atoms with van der Waals surface area (Å²) in [4.78, 5) is 9.25. The number of nitrogens with one attached hydrogen (secondary N) is 1. The van der Waals surface area contributed by atoms with E-state index in [2.05, 4.69) is 28.5 Å². The average Bonchev–Trinajstić information content (AvgIpc) is 2.72. The van der Waals surface area contributed by atoms with Gasteiger partial charge in [-0.25, -0.2) is 9.97 Å². The number of anilines is 2. The van der Waals surface area contributed by atoms with E-state index in [9.17, 15) is 0 Å². The summed E-state index contributed by atoms with van der Waals surface area (Å²) >= 11 is 0. The molecule has 0 aliphatic heterocycles. The highest BCUT2D eigenvalue weighted by Gasteiger charge is 2.19. The van der Waals surface area contributed by atoms with Crippen LogP contribution in [-0.2, 0) is 12.8 Å². The van der Waals surface area contributed by atoms with Gasteiger partial charge in [-0.3, -0.25) is 0 Å². The lowest BCUT2D eigenvalue weighted by Crippen LogP contribution is -2.08. The van der Waals surface area contributed by atoms with Gasteiger partial charge in [0, 0.05) is 29.6 Å². The second kappa shape index (κ2) is 7.15. The van der Waals surface area contributed by atoms with E-state index in [-0.39, 0.29) is 0 Å². The van der Waals surface area contributed by atoms with Crippen LogP contribution in [0.4, 0.5) is 11.6 Å². The Bertz CT molecular complexity index is 963. The van der Waals surface area contributed by atoms with Gasteiger partial charge in [0.1, 0.15) is 0 Å². The molecule has 4 rings (SSSR count). The average molecular weight is 363 g/mol. The molecule has 1 aromatic heterocycles. The topological polar surface area (TPSA) is 65.5 Å². The fraction of sp³-hybridized carbons (Fsp3) is 0.238.